The second kappa shape index (κ2) is 6.58. The van der Waals surface area contributed by atoms with Crippen LogP contribution >= 0.6 is 11.3 Å². The van der Waals surface area contributed by atoms with Crippen LogP contribution in [0, 0.1) is 0 Å². The third kappa shape index (κ3) is 2.74. The fourth-order valence-electron chi connectivity index (χ4n) is 3.11. The summed E-state index contributed by atoms with van der Waals surface area (Å²) >= 11 is 1.62. The highest BCUT2D eigenvalue weighted by Gasteiger charge is 2.13. The topological polar surface area (TPSA) is 85.8 Å². The van der Waals surface area contributed by atoms with Crippen LogP contribution in [-0.2, 0) is 0 Å². The number of rotatable bonds is 4. The van der Waals surface area contributed by atoms with Crippen molar-refractivity contribution in [3.8, 4) is 34.1 Å². The van der Waals surface area contributed by atoms with Crippen molar-refractivity contribution in [1.29, 1.82) is 0 Å². The number of nitrogens with one attached hydrogen (secondary N) is 1. The summed E-state index contributed by atoms with van der Waals surface area (Å²) in [4.78, 5) is 21.2. The molecule has 5 rings (SSSR count). The first-order chi connectivity index (χ1) is 13.7. The number of methoxy groups -OCH3 is 2. The Morgan fingerprint density at radius 1 is 0.929 bits per heavy atom. The van der Waals surface area contributed by atoms with Crippen molar-refractivity contribution in [2.24, 2.45) is 0 Å². The zero-order chi connectivity index (χ0) is 19.1. The van der Waals surface area contributed by atoms with Crippen molar-refractivity contribution in [2.45, 2.75) is 0 Å². The molecule has 0 atom stereocenters. The molecule has 0 aliphatic heterocycles. The molecule has 0 saturated carbocycles. The lowest BCUT2D eigenvalue weighted by Gasteiger charge is -2.07. The summed E-state index contributed by atoms with van der Waals surface area (Å²) in [6.07, 6.45) is 3.66. The lowest BCUT2D eigenvalue weighted by atomic mass is 10.1. The van der Waals surface area contributed by atoms with Crippen LogP contribution in [0.5, 0.6) is 11.8 Å². The predicted molar refractivity (Wildman–Crippen MR) is 109 cm³/mol. The van der Waals surface area contributed by atoms with E-state index in [2.05, 4.69) is 32.1 Å². The van der Waals surface area contributed by atoms with Crippen LogP contribution in [0.1, 0.15) is 0 Å². The molecule has 1 aromatic carbocycles. The van der Waals surface area contributed by atoms with Crippen LogP contribution in [0.2, 0.25) is 0 Å². The van der Waals surface area contributed by atoms with Crippen molar-refractivity contribution in [2.75, 3.05) is 14.2 Å². The van der Waals surface area contributed by atoms with Crippen molar-refractivity contribution in [3.05, 3.63) is 48.2 Å². The Labute approximate surface area is 164 Å². The number of benzene rings is 1. The van der Waals surface area contributed by atoms with Crippen molar-refractivity contribution in [1.82, 2.24) is 24.9 Å². The fraction of sp³-hybridized carbons (Fsp3) is 0.100. The highest BCUT2D eigenvalue weighted by molar-refractivity contribution is 7.16. The lowest BCUT2D eigenvalue weighted by Crippen LogP contribution is -1.95. The number of hydrogen-bond donors (Lipinski definition) is 1. The second-order valence-electron chi connectivity index (χ2n) is 6.13. The quantitative estimate of drug-likeness (QED) is 0.493. The van der Waals surface area contributed by atoms with E-state index in [0.717, 1.165) is 38.1 Å². The third-order valence-electron chi connectivity index (χ3n) is 4.52. The van der Waals surface area contributed by atoms with E-state index in [1.807, 2.05) is 29.9 Å². The Morgan fingerprint density at radius 3 is 2.54 bits per heavy atom. The third-order valence-corrected chi connectivity index (χ3v) is 5.31. The van der Waals surface area contributed by atoms with Gasteiger partial charge in [0.1, 0.15) is 5.52 Å². The number of fused-ring (bicyclic) bond motifs is 2. The van der Waals surface area contributed by atoms with Gasteiger partial charge in [-0.2, -0.15) is 4.98 Å². The van der Waals surface area contributed by atoms with Crippen LogP contribution in [0.4, 0.5) is 0 Å². The van der Waals surface area contributed by atoms with Crippen LogP contribution in [0.15, 0.2) is 48.2 Å². The van der Waals surface area contributed by atoms with Gasteiger partial charge in [-0.05, 0) is 17.7 Å². The molecule has 5 aromatic rings. The van der Waals surface area contributed by atoms with Crippen LogP contribution < -0.4 is 9.47 Å². The summed E-state index contributed by atoms with van der Waals surface area (Å²) in [5.41, 5.74) is 7.98. The van der Waals surface area contributed by atoms with E-state index < -0.39 is 0 Å². The highest BCUT2D eigenvalue weighted by Crippen LogP contribution is 2.32. The first-order valence-corrected chi connectivity index (χ1v) is 9.41. The Hall–Kier alpha value is -3.52. The van der Waals surface area contributed by atoms with Gasteiger partial charge in [0.25, 0.3) is 0 Å². The fourth-order valence-corrected chi connectivity index (χ4v) is 3.83. The molecule has 0 unspecified atom stereocenters. The number of hydrogen-bond acceptors (Lipinski definition) is 7. The molecule has 0 bridgehead atoms. The number of thiazole rings is 1. The minimum absolute atomic E-state index is 0.459. The summed E-state index contributed by atoms with van der Waals surface area (Å²) in [7, 11) is 3.14. The first kappa shape index (κ1) is 16.6. The van der Waals surface area contributed by atoms with Crippen LogP contribution in [0.3, 0.4) is 0 Å². The standard InChI is InChI=1S/C20H15N5O2S/c1-26-17-6-12(7-18(25-17)27-2)15-9-22-20-19(24-15)13(8-21-20)11-3-4-14-16(5-11)28-10-23-14/h3-10H,1-2H3,(H,21,22). The predicted octanol–water partition coefficient (Wildman–Crippen LogP) is 4.31. The van der Waals surface area contributed by atoms with Gasteiger partial charge in [0.15, 0.2) is 5.65 Å². The van der Waals surface area contributed by atoms with Crippen molar-refractivity contribution < 1.29 is 9.47 Å². The summed E-state index contributed by atoms with van der Waals surface area (Å²) < 4.78 is 11.7. The average Bonchev–Trinajstić information content (AvgIpc) is 3.38. The molecule has 0 saturated heterocycles. The summed E-state index contributed by atoms with van der Waals surface area (Å²) in [5, 5.41) is 0. The minimum Gasteiger partial charge on any atom is -0.481 e. The van der Waals surface area contributed by atoms with Gasteiger partial charge < -0.3 is 14.5 Å². The Morgan fingerprint density at radius 2 is 1.75 bits per heavy atom. The van der Waals surface area contributed by atoms with Gasteiger partial charge in [0.05, 0.1) is 41.8 Å². The van der Waals surface area contributed by atoms with E-state index in [1.165, 1.54) is 0 Å². The molecular weight excluding hydrogens is 374 g/mol. The van der Waals surface area contributed by atoms with E-state index in [1.54, 1.807) is 31.8 Å². The summed E-state index contributed by atoms with van der Waals surface area (Å²) in [6, 6.07) is 9.83. The average molecular weight is 389 g/mol. The number of ether oxygens (including phenoxy) is 2. The minimum atomic E-state index is 0.459. The van der Waals surface area contributed by atoms with Gasteiger partial charge in [-0.15, -0.1) is 11.3 Å². The maximum absolute atomic E-state index is 5.27. The highest BCUT2D eigenvalue weighted by atomic mass is 32.1. The van der Waals surface area contributed by atoms with E-state index in [-0.39, 0.29) is 0 Å². The lowest BCUT2D eigenvalue weighted by molar-refractivity contribution is 0.365. The molecule has 7 nitrogen and oxygen atoms in total. The number of H-pyrrole nitrogens is 1. The first-order valence-electron chi connectivity index (χ1n) is 8.53. The monoisotopic (exact) mass is 389 g/mol. The number of aromatic amines is 1. The molecule has 28 heavy (non-hydrogen) atoms. The van der Waals surface area contributed by atoms with Gasteiger partial charge in [-0.25, -0.2) is 15.0 Å². The molecule has 8 heteroatoms. The van der Waals surface area contributed by atoms with E-state index in [9.17, 15) is 0 Å². The van der Waals surface area contributed by atoms with Crippen molar-refractivity contribution >= 4 is 32.7 Å². The second-order valence-corrected chi connectivity index (χ2v) is 7.02. The van der Waals surface area contributed by atoms with Gasteiger partial charge >= 0.3 is 0 Å². The zero-order valence-corrected chi connectivity index (χ0v) is 15.9. The van der Waals surface area contributed by atoms with Gasteiger partial charge in [-0.3, -0.25) is 0 Å². The maximum atomic E-state index is 5.27. The Balaban J connectivity index is 1.66. The molecular formula is C20H15N5O2S. The zero-order valence-electron chi connectivity index (χ0n) is 15.1. The van der Waals surface area contributed by atoms with Crippen LogP contribution in [-0.4, -0.2) is 39.1 Å². The molecule has 0 aliphatic rings. The molecule has 0 spiro atoms. The van der Waals surface area contributed by atoms with E-state index in [0.29, 0.717) is 17.5 Å². The van der Waals surface area contributed by atoms with E-state index in [4.69, 9.17) is 14.5 Å². The molecule has 138 valence electrons. The molecule has 4 aromatic heterocycles. The maximum Gasteiger partial charge on any atom is 0.216 e. The molecule has 0 radical (unpaired) electrons. The van der Waals surface area contributed by atoms with E-state index >= 15 is 0 Å². The molecule has 1 N–H and O–H groups in total. The largest absolute Gasteiger partial charge is 0.481 e. The van der Waals surface area contributed by atoms with Gasteiger partial charge in [-0.1, -0.05) is 6.07 Å². The molecule has 0 fully saturated rings. The summed E-state index contributed by atoms with van der Waals surface area (Å²) in [6.45, 7) is 0. The van der Waals surface area contributed by atoms with Gasteiger partial charge in [0.2, 0.25) is 11.8 Å². The Kier molecular flexibility index (Phi) is 3.91. The summed E-state index contributed by atoms with van der Waals surface area (Å²) in [5.74, 6) is 0.919. The normalized spacial score (nSPS) is 11.2. The number of nitrogens with zero attached hydrogens (tertiary/aromatic N) is 4. The number of aromatic nitrogens is 5. The smallest absolute Gasteiger partial charge is 0.216 e. The van der Waals surface area contributed by atoms with Crippen LogP contribution in [0.25, 0.3) is 43.8 Å². The van der Waals surface area contributed by atoms with Crippen molar-refractivity contribution in [3.63, 3.8) is 0 Å². The SMILES string of the molecule is COc1cc(-c2cnc3[nH]cc(-c4ccc5ncsc5c4)c3n2)cc(OC)n1. The Bertz CT molecular complexity index is 1290. The molecule has 0 amide bonds. The molecule has 0 aliphatic carbocycles. The van der Waals surface area contributed by atoms with Gasteiger partial charge in [0, 0.05) is 29.5 Å². The molecule has 4 heterocycles. The number of pyridine rings is 1.